The molecule has 1 aliphatic heterocycles. The van der Waals surface area contributed by atoms with E-state index in [1.54, 1.807) is 12.3 Å². The summed E-state index contributed by atoms with van der Waals surface area (Å²) >= 11 is 4.86. The molecule has 2 unspecified atom stereocenters. The average molecular weight is 238 g/mol. The molecule has 1 aromatic rings. The number of nitrogens with one attached hydrogen (secondary N) is 1. The van der Waals surface area contributed by atoms with Crippen LogP contribution in [0.25, 0.3) is 0 Å². The van der Waals surface area contributed by atoms with Crippen LogP contribution in [0.4, 0.5) is 5.95 Å². The molecule has 1 saturated heterocycles. The van der Waals surface area contributed by atoms with Crippen molar-refractivity contribution in [2.45, 2.75) is 25.5 Å². The van der Waals surface area contributed by atoms with Crippen molar-refractivity contribution in [1.82, 2.24) is 9.97 Å². The Morgan fingerprint density at radius 2 is 2.50 bits per heavy atom. The van der Waals surface area contributed by atoms with Gasteiger partial charge in [0, 0.05) is 12.8 Å². The minimum atomic E-state index is 0.178. The molecule has 5 nitrogen and oxygen atoms in total. The molecule has 0 spiro atoms. The summed E-state index contributed by atoms with van der Waals surface area (Å²) in [5, 5.41) is 3.22. The Kier molecular flexibility index (Phi) is 3.31. The van der Waals surface area contributed by atoms with Crippen molar-refractivity contribution < 1.29 is 4.74 Å². The highest BCUT2D eigenvalue weighted by Gasteiger charge is 2.24. The molecule has 0 aliphatic carbocycles. The van der Waals surface area contributed by atoms with E-state index in [4.69, 9.17) is 22.7 Å². The van der Waals surface area contributed by atoms with E-state index in [1.165, 1.54) is 0 Å². The molecule has 3 N–H and O–H groups in total. The molecule has 0 amide bonds. The van der Waals surface area contributed by atoms with Gasteiger partial charge in [0.1, 0.15) is 10.7 Å². The summed E-state index contributed by atoms with van der Waals surface area (Å²) in [5.74, 6) is 0.549. The van der Waals surface area contributed by atoms with Crippen molar-refractivity contribution in [1.29, 1.82) is 0 Å². The van der Waals surface area contributed by atoms with Crippen LogP contribution in [0.1, 0.15) is 19.0 Å². The lowest BCUT2D eigenvalue weighted by molar-refractivity contribution is 0.121. The molecule has 2 atom stereocenters. The normalized spacial score (nSPS) is 24.3. The monoisotopic (exact) mass is 238 g/mol. The fraction of sp³-hybridized carbons (Fsp3) is 0.500. The minimum Gasteiger partial charge on any atom is -0.388 e. The minimum absolute atomic E-state index is 0.178. The van der Waals surface area contributed by atoms with Gasteiger partial charge in [0.05, 0.1) is 12.1 Å². The van der Waals surface area contributed by atoms with Gasteiger partial charge in [-0.25, -0.2) is 9.97 Å². The molecule has 86 valence electrons. The molecule has 6 heteroatoms. The van der Waals surface area contributed by atoms with Gasteiger partial charge in [-0.2, -0.15) is 0 Å². The SMILES string of the molecule is CC1OCCC1Nc1nccc(C(N)=S)n1. The summed E-state index contributed by atoms with van der Waals surface area (Å²) in [6, 6.07) is 1.95. The molecule has 16 heavy (non-hydrogen) atoms. The second-order valence-electron chi connectivity index (χ2n) is 3.75. The number of hydrogen-bond donors (Lipinski definition) is 2. The Bertz CT molecular complexity index is 398. The van der Waals surface area contributed by atoms with E-state index in [0.29, 0.717) is 11.6 Å². The van der Waals surface area contributed by atoms with Crippen LogP contribution < -0.4 is 11.1 Å². The number of thiocarbonyl (C=S) groups is 1. The first kappa shape index (κ1) is 11.2. The molecule has 0 radical (unpaired) electrons. The summed E-state index contributed by atoms with van der Waals surface area (Å²) in [6.45, 7) is 2.80. The van der Waals surface area contributed by atoms with Gasteiger partial charge in [-0.3, -0.25) is 0 Å². The van der Waals surface area contributed by atoms with E-state index in [-0.39, 0.29) is 17.1 Å². The van der Waals surface area contributed by atoms with Gasteiger partial charge in [0.25, 0.3) is 0 Å². The summed E-state index contributed by atoms with van der Waals surface area (Å²) in [4.78, 5) is 8.63. The van der Waals surface area contributed by atoms with Crippen LogP contribution in [0.2, 0.25) is 0 Å². The van der Waals surface area contributed by atoms with Gasteiger partial charge in [-0.1, -0.05) is 12.2 Å². The van der Waals surface area contributed by atoms with Crippen molar-refractivity contribution in [2.24, 2.45) is 5.73 Å². The van der Waals surface area contributed by atoms with E-state index in [2.05, 4.69) is 15.3 Å². The maximum absolute atomic E-state index is 5.51. The predicted octanol–water partition coefficient (Wildman–Crippen LogP) is 0.700. The molecular weight excluding hydrogens is 224 g/mol. The Morgan fingerprint density at radius 3 is 3.12 bits per heavy atom. The van der Waals surface area contributed by atoms with Gasteiger partial charge >= 0.3 is 0 Å². The molecule has 0 aromatic carbocycles. The number of ether oxygens (including phenoxy) is 1. The van der Waals surface area contributed by atoms with E-state index in [1.807, 2.05) is 6.92 Å². The Labute approximate surface area is 99.4 Å². The molecule has 0 saturated carbocycles. The third kappa shape index (κ3) is 2.45. The third-order valence-corrected chi connectivity index (χ3v) is 2.81. The molecule has 0 bridgehead atoms. The number of rotatable bonds is 3. The molecule has 2 heterocycles. The summed E-state index contributed by atoms with van der Waals surface area (Å²) in [6.07, 6.45) is 2.78. The second kappa shape index (κ2) is 4.71. The van der Waals surface area contributed by atoms with Crippen LogP contribution in [-0.2, 0) is 4.74 Å². The zero-order chi connectivity index (χ0) is 11.5. The van der Waals surface area contributed by atoms with Gasteiger partial charge < -0.3 is 15.8 Å². The Balaban J connectivity index is 2.09. The molecular formula is C10H14N4OS. The average Bonchev–Trinajstić information content (AvgIpc) is 2.65. The number of nitrogens with two attached hydrogens (primary N) is 1. The van der Waals surface area contributed by atoms with E-state index < -0.39 is 0 Å². The Hall–Kier alpha value is -1.27. The first-order valence-corrected chi connectivity index (χ1v) is 5.58. The fourth-order valence-electron chi connectivity index (χ4n) is 1.65. The van der Waals surface area contributed by atoms with Gasteiger partial charge in [0.15, 0.2) is 0 Å². The molecule has 1 fully saturated rings. The van der Waals surface area contributed by atoms with E-state index in [9.17, 15) is 0 Å². The number of aromatic nitrogens is 2. The molecule has 1 aromatic heterocycles. The first-order chi connectivity index (χ1) is 7.66. The topological polar surface area (TPSA) is 73.1 Å². The van der Waals surface area contributed by atoms with Crippen LogP contribution in [0.3, 0.4) is 0 Å². The number of hydrogen-bond acceptors (Lipinski definition) is 5. The van der Waals surface area contributed by atoms with Crippen LogP contribution in [0.15, 0.2) is 12.3 Å². The highest BCUT2D eigenvalue weighted by atomic mass is 32.1. The van der Waals surface area contributed by atoms with Crippen molar-refractivity contribution in [3.8, 4) is 0 Å². The number of nitrogens with zero attached hydrogens (tertiary/aromatic N) is 2. The van der Waals surface area contributed by atoms with E-state index >= 15 is 0 Å². The highest BCUT2D eigenvalue weighted by molar-refractivity contribution is 7.80. The van der Waals surface area contributed by atoms with Crippen molar-refractivity contribution >= 4 is 23.2 Å². The smallest absolute Gasteiger partial charge is 0.223 e. The predicted molar refractivity (Wildman–Crippen MR) is 65.4 cm³/mol. The maximum Gasteiger partial charge on any atom is 0.223 e. The van der Waals surface area contributed by atoms with Gasteiger partial charge in [-0.05, 0) is 19.4 Å². The second-order valence-corrected chi connectivity index (χ2v) is 4.18. The standard InChI is InChI=1S/C10H14N4OS/c1-6-7(3-5-15-6)13-10-12-4-2-8(14-10)9(11)16/h2,4,6-7H,3,5H2,1H3,(H2,11,16)(H,12,13,14). The quantitative estimate of drug-likeness (QED) is 0.755. The third-order valence-electron chi connectivity index (χ3n) is 2.60. The maximum atomic E-state index is 5.51. The summed E-state index contributed by atoms with van der Waals surface area (Å²) < 4.78 is 5.45. The zero-order valence-corrected chi connectivity index (χ0v) is 9.83. The molecule has 1 aliphatic rings. The highest BCUT2D eigenvalue weighted by Crippen LogP contribution is 2.16. The lowest BCUT2D eigenvalue weighted by Crippen LogP contribution is -2.28. The van der Waals surface area contributed by atoms with Crippen LogP contribution in [0.5, 0.6) is 0 Å². The number of anilines is 1. The van der Waals surface area contributed by atoms with Gasteiger partial charge in [-0.15, -0.1) is 0 Å². The Morgan fingerprint density at radius 1 is 1.69 bits per heavy atom. The van der Waals surface area contributed by atoms with Crippen molar-refractivity contribution in [3.63, 3.8) is 0 Å². The summed E-state index contributed by atoms with van der Waals surface area (Å²) in [7, 11) is 0. The lowest BCUT2D eigenvalue weighted by Gasteiger charge is -2.15. The fourth-order valence-corrected chi connectivity index (χ4v) is 1.77. The largest absolute Gasteiger partial charge is 0.388 e. The van der Waals surface area contributed by atoms with Crippen molar-refractivity contribution in [3.05, 3.63) is 18.0 Å². The van der Waals surface area contributed by atoms with E-state index in [0.717, 1.165) is 13.0 Å². The molecule has 2 rings (SSSR count). The summed E-state index contributed by atoms with van der Waals surface area (Å²) in [5.41, 5.74) is 6.09. The van der Waals surface area contributed by atoms with Crippen molar-refractivity contribution in [2.75, 3.05) is 11.9 Å². The van der Waals surface area contributed by atoms with Gasteiger partial charge in [0.2, 0.25) is 5.95 Å². The lowest BCUT2D eigenvalue weighted by atomic mass is 10.2. The first-order valence-electron chi connectivity index (χ1n) is 5.18. The van der Waals surface area contributed by atoms with Crippen LogP contribution in [0, 0.1) is 0 Å². The van der Waals surface area contributed by atoms with Crippen LogP contribution in [-0.4, -0.2) is 33.7 Å². The zero-order valence-electron chi connectivity index (χ0n) is 9.01. The van der Waals surface area contributed by atoms with Crippen LogP contribution >= 0.6 is 12.2 Å².